The Morgan fingerprint density at radius 1 is 1.50 bits per heavy atom. The Balaban J connectivity index is 2.86. The fourth-order valence-electron chi connectivity index (χ4n) is 0.987. The summed E-state index contributed by atoms with van der Waals surface area (Å²) in [6.07, 6.45) is 1.27. The number of halogens is 1. The van der Waals surface area contributed by atoms with Crippen molar-refractivity contribution in [1.29, 1.82) is 0 Å². The smallest absolute Gasteiger partial charge is 0.331 e. The second-order valence-electron chi connectivity index (χ2n) is 2.87. The molecule has 1 aromatic heterocycles. The van der Waals surface area contributed by atoms with Crippen LogP contribution in [0.15, 0.2) is 24.4 Å². The van der Waals surface area contributed by atoms with Crippen molar-refractivity contribution >= 4 is 11.9 Å². The van der Waals surface area contributed by atoms with E-state index in [-0.39, 0.29) is 5.69 Å². The summed E-state index contributed by atoms with van der Waals surface area (Å²) in [7, 11) is 0. The zero-order valence-electron chi connectivity index (χ0n) is 8.08. The third kappa shape index (κ3) is 2.51. The second kappa shape index (κ2) is 5.17. The Labute approximate surface area is 89.9 Å². The Kier molecular flexibility index (Phi) is 3.90. The van der Waals surface area contributed by atoms with Crippen LogP contribution in [0, 0.1) is 0 Å². The third-order valence-corrected chi connectivity index (χ3v) is 1.81. The Hall–Kier alpha value is -2.02. The summed E-state index contributed by atoms with van der Waals surface area (Å²) in [6.45, 7) is -1.01. The number of carboxylic acid groups (broad SMARTS) is 1. The van der Waals surface area contributed by atoms with E-state index in [1.54, 1.807) is 0 Å². The van der Waals surface area contributed by atoms with Crippen LogP contribution in [0.1, 0.15) is 10.5 Å². The van der Waals surface area contributed by atoms with Gasteiger partial charge in [0.2, 0.25) is 0 Å². The Bertz CT molecular complexity index is 384. The predicted octanol–water partition coefficient (Wildman–Crippen LogP) is -0.146. The maximum Gasteiger partial charge on any atom is 0.331 e. The second-order valence-corrected chi connectivity index (χ2v) is 2.87. The fourth-order valence-corrected chi connectivity index (χ4v) is 0.987. The quantitative estimate of drug-likeness (QED) is 0.699. The number of hydrogen-bond acceptors (Lipinski definition) is 4. The summed E-state index contributed by atoms with van der Waals surface area (Å²) >= 11 is 0. The van der Waals surface area contributed by atoms with E-state index in [4.69, 9.17) is 10.2 Å². The first-order chi connectivity index (χ1) is 7.57. The van der Waals surface area contributed by atoms with Crippen molar-refractivity contribution in [2.24, 2.45) is 0 Å². The molecule has 0 aliphatic heterocycles. The highest BCUT2D eigenvalue weighted by Crippen LogP contribution is 2.07. The van der Waals surface area contributed by atoms with E-state index in [1.807, 2.05) is 0 Å². The van der Waals surface area contributed by atoms with Crippen LogP contribution in [-0.4, -0.2) is 44.8 Å². The van der Waals surface area contributed by atoms with Crippen LogP contribution < -0.4 is 0 Å². The summed E-state index contributed by atoms with van der Waals surface area (Å²) < 4.78 is 13.3. The molecule has 0 saturated carbocycles. The van der Waals surface area contributed by atoms with E-state index in [1.165, 1.54) is 24.4 Å². The van der Waals surface area contributed by atoms with Gasteiger partial charge in [0, 0.05) is 6.20 Å². The Morgan fingerprint density at radius 2 is 2.19 bits per heavy atom. The number of amides is 1. The van der Waals surface area contributed by atoms with Gasteiger partial charge < -0.3 is 10.2 Å². The van der Waals surface area contributed by atoms with E-state index in [0.29, 0.717) is 0 Å². The van der Waals surface area contributed by atoms with Crippen LogP contribution in [0.3, 0.4) is 0 Å². The molecular formula is C9H9FN2O4. The van der Waals surface area contributed by atoms with Crippen molar-refractivity contribution in [3.63, 3.8) is 0 Å². The molecule has 1 aromatic rings. The van der Waals surface area contributed by atoms with Crippen molar-refractivity contribution in [2.75, 3.05) is 6.61 Å². The molecule has 7 heteroatoms. The lowest BCUT2D eigenvalue weighted by molar-refractivity contribution is -0.150. The van der Waals surface area contributed by atoms with Gasteiger partial charge in [0.1, 0.15) is 5.69 Å². The van der Waals surface area contributed by atoms with Crippen molar-refractivity contribution in [2.45, 2.75) is 6.04 Å². The minimum atomic E-state index is -1.92. The normalized spacial score (nSPS) is 11.9. The molecule has 0 aromatic carbocycles. The van der Waals surface area contributed by atoms with Gasteiger partial charge in [0.05, 0.1) is 6.61 Å². The van der Waals surface area contributed by atoms with Crippen LogP contribution >= 0.6 is 0 Å². The maximum atomic E-state index is 13.3. The highest BCUT2D eigenvalue weighted by atomic mass is 19.2. The SMILES string of the molecule is O=C(O)C(CO)N(F)C(=O)c1ccccn1. The molecule has 16 heavy (non-hydrogen) atoms. The van der Waals surface area contributed by atoms with Crippen molar-refractivity contribution < 1.29 is 24.3 Å². The maximum absolute atomic E-state index is 13.3. The number of aliphatic hydroxyl groups is 1. The molecule has 0 aliphatic rings. The van der Waals surface area contributed by atoms with Gasteiger partial charge in [-0.2, -0.15) is 5.12 Å². The van der Waals surface area contributed by atoms with Crippen LogP contribution in [0.2, 0.25) is 0 Å². The molecule has 0 bridgehead atoms. The first-order valence-electron chi connectivity index (χ1n) is 4.32. The largest absolute Gasteiger partial charge is 0.480 e. The van der Waals surface area contributed by atoms with Crippen LogP contribution in [-0.2, 0) is 4.79 Å². The van der Waals surface area contributed by atoms with E-state index < -0.39 is 29.6 Å². The first kappa shape index (κ1) is 12.1. The molecule has 86 valence electrons. The topological polar surface area (TPSA) is 90.7 Å². The summed E-state index contributed by atoms with van der Waals surface area (Å²) in [5.74, 6) is -2.84. The van der Waals surface area contributed by atoms with Gasteiger partial charge in [-0.15, -0.1) is 0 Å². The summed E-state index contributed by atoms with van der Waals surface area (Å²) in [5, 5.41) is 16.6. The molecule has 1 heterocycles. The first-order valence-corrected chi connectivity index (χ1v) is 4.32. The number of aliphatic hydroxyl groups excluding tert-OH is 1. The molecule has 1 rings (SSSR count). The molecular weight excluding hydrogens is 219 g/mol. The van der Waals surface area contributed by atoms with Gasteiger partial charge in [-0.1, -0.05) is 10.5 Å². The molecule has 0 aliphatic carbocycles. The predicted molar refractivity (Wildman–Crippen MR) is 50.0 cm³/mol. The number of carboxylic acids is 1. The lowest BCUT2D eigenvalue weighted by atomic mass is 10.2. The molecule has 0 fully saturated rings. The van der Waals surface area contributed by atoms with E-state index in [9.17, 15) is 14.1 Å². The summed E-state index contributed by atoms with van der Waals surface area (Å²) in [6, 6.07) is 2.31. The zero-order chi connectivity index (χ0) is 12.1. The van der Waals surface area contributed by atoms with Gasteiger partial charge in [0.25, 0.3) is 0 Å². The van der Waals surface area contributed by atoms with Crippen LogP contribution in [0.5, 0.6) is 0 Å². The monoisotopic (exact) mass is 228 g/mol. The highest BCUT2D eigenvalue weighted by molar-refractivity contribution is 5.94. The number of rotatable bonds is 4. The van der Waals surface area contributed by atoms with E-state index in [0.717, 1.165) is 0 Å². The van der Waals surface area contributed by atoms with Gasteiger partial charge >= 0.3 is 11.9 Å². The third-order valence-electron chi connectivity index (χ3n) is 1.81. The number of aliphatic carboxylic acids is 1. The average Bonchev–Trinajstić information content (AvgIpc) is 2.29. The molecule has 0 radical (unpaired) electrons. The van der Waals surface area contributed by atoms with Crippen molar-refractivity contribution in [3.8, 4) is 0 Å². The van der Waals surface area contributed by atoms with Crippen LogP contribution in [0.25, 0.3) is 0 Å². The number of carbonyl (C=O) groups excluding carboxylic acids is 1. The molecule has 6 nitrogen and oxygen atoms in total. The van der Waals surface area contributed by atoms with Gasteiger partial charge in [-0.3, -0.25) is 9.78 Å². The van der Waals surface area contributed by atoms with Crippen molar-refractivity contribution in [3.05, 3.63) is 30.1 Å². The molecule has 1 amide bonds. The number of pyridine rings is 1. The number of hydrogen-bond donors (Lipinski definition) is 2. The van der Waals surface area contributed by atoms with Gasteiger partial charge in [-0.05, 0) is 12.1 Å². The van der Waals surface area contributed by atoms with Gasteiger partial charge in [-0.25, -0.2) is 4.79 Å². The summed E-state index contributed by atoms with van der Waals surface area (Å²) in [5.41, 5.74) is -0.232. The lowest BCUT2D eigenvalue weighted by Crippen LogP contribution is -2.42. The number of aromatic nitrogens is 1. The van der Waals surface area contributed by atoms with E-state index >= 15 is 0 Å². The minimum Gasteiger partial charge on any atom is -0.480 e. The lowest BCUT2D eigenvalue weighted by Gasteiger charge is -2.17. The minimum absolute atomic E-state index is 0.232. The van der Waals surface area contributed by atoms with Gasteiger partial charge in [0.15, 0.2) is 6.04 Å². The fraction of sp³-hybridized carbons (Fsp3) is 0.222. The highest BCUT2D eigenvalue weighted by Gasteiger charge is 2.30. The molecule has 2 N–H and O–H groups in total. The zero-order valence-corrected chi connectivity index (χ0v) is 8.08. The average molecular weight is 228 g/mol. The Morgan fingerprint density at radius 3 is 2.62 bits per heavy atom. The standard InChI is InChI=1S/C9H9FN2O4/c10-12(7(5-13)9(15)16)8(14)6-3-1-2-4-11-6/h1-4,7,13H,5H2,(H,15,16). The molecule has 1 unspecified atom stereocenters. The molecule has 1 atom stereocenters. The summed E-state index contributed by atoms with van der Waals surface area (Å²) in [4.78, 5) is 25.4. The van der Waals surface area contributed by atoms with E-state index in [2.05, 4.69) is 4.98 Å². The van der Waals surface area contributed by atoms with Crippen molar-refractivity contribution in [1.82, 2.24) is 10.1 Å². The molecule has 0 saturated heterocycles. The number of nitrogens with zero attached hydrogens (tertiary/aromatic N) is 2. The molecule has 0 spiro atoms. The number of carbonyl (C=O) groups is 2. The van der Waals surface area contributed by atoms with Crippen LogP contribution in [0.4, 0.5) is 4.48 Å².